The number of carbonyl (C=O) groups is 4. The maximum atomic E-state index is 12.4. The van der Waals surface area contributed by atoms with Crippen LogP contribution in [-0.2, 0) is 9.59 Å². The van der Waals surface area contributed by atoms with Crippen molar-refractivity contribution < 1.29 is 19.2 Å². The third-order valence-electron chi connectivity index (χ3n) is 4.07. The molecular weight excluding hydrogens is 432 g/mol. The van der Waals surface area contributed by atoms with E-state index in [9.17, 15) is 19.2 Å². The van der Waals surface area contributed by atoms with Gasteiger partial charge in [-0.25, -0.2) is 0 Å². The summed E-state index contributed by atoms with van der Waals surface area (Å²) in [7, 11) is 0. The van der Waals surface area contributed by atoms with Gasteiger partial charge in [0, 0.05) is 31.0 Å². The van der Waals surface area contributed by atoms with E-state index >= 15 is 0 Å². The second kappa shape index (κ2) is 9.87. The molecule has 1 aromatic heterocycles. The quantitative estimate of drug-likeness (QED) is 0.483. The highest BCUT2D eigenvalue weighted by molar-refractivity contribution is 8.18. The number of ketones is 1. The van der Waals surface area contributed by atoms with E-state index in [1.807, 2.05) is 5.38 Å². The Morgan fingerprint density at radius 1 is 1.10 bits per heavy atom. The van der Waals surface area contributed by atoms with Crippen LogP contribution in [0.5, 0.6) is 0 Å². The van der Waals surface area contributed by atoms with Crippen molar-refractivity contribution in [1.82, 2.24) is 10.2 Å². The molecule has 0 radical (unpaired) electrons. The van der Waals surface area contributed by atoms with Crippen LogP contribution in [0.1, 0.15) is 28.1 Å². The minimum atomic E-state index is -0.392. The van der Waals surface area contributed by atoms with Crippen LogP contribution in [0, 0.1) is 0 Å². The lowest BCUT2D eigenvalue weighted by atomic mass is 10.2. The SMILES string of the molecule is O=C(CCC(=O)c1cccs1)NCCN1C(=O)S/C(=C\c2ccc(Cl)cc2)C1=O. The Morgan fingerprint density at radius 2 is 1.86 bits per heavy atom. The third kappa shape index (κ3) is 5.79. The summed E-state index contributed by atoms with van der Waals surface area (Å²) in [6.45, 7) is 0.214. The molecule has 1 saturated heterocycles. The number of hydrogen-bond acceptors (Lipinski definition) is 6. The second-order valence-corrected chi connectivity index (χ2v) is 8.51. The summed E-state index contributed by atoms with van der Waals surface area (Å²) in [5, 5.41) is 4.66. The lowest BCUT2D eigenvalue weighted by Gasteiger charge is -2.12. The van der Waals surface area contributed by atoms with E-state index in [1.165, 1.54) is 11.3 Å². The Labute approximate surface area is 180 Å². The zero-order chi connectivity index (χ0) is 20.8. The number of rotatable bonds is 8. The number of nitrogens with one attached hydrogen (secondary N) is 1. The van der Waals surface area contributed by atoms with Gasteiger partial charge in [0.25, 0.3) is 11.1 Å². The van der Waals surface area contributed by atoms with Crippen LogP contribution in [0.3, 0.4) is 0 Å². The molecule has 0 unspecified atom stereocenters. The average Bonchev–Trinajstić information content (AvgIpc) is 3.32. The average molecular weight is 449 g/mol. The van der Waals surface area contributed by atoms with E-state index in [4.69, 9.17) is 11.6 Å². The molecule has 0 atom stereocenters. The van der Waals surface area contributed by atoms with Crippen LogP contribution in [0.25, 0.3) is 6.08 Å². The third-order valence-corrected chi connectivity index (χ3v) is 6.14. The largest absolute Gasteiger partial charge is 0.354 e. The fourth-order valence-electron chi connectivity index (χ4n) is 2.59. The highest BCUT2D eigenvalue weighted by atomic mass is 35.5. The molecule has 0 aliphatic carbocycles. The van der Waals surface area contributed by atoms with Gasteiger partial charge in [-0.1, -0.05) is 29.8 Å². The second-order valence-electron chi connectivity index (χ2n) is 6.14. The van der Waals surface area contributed by atoms with Crippen LogP contribution in [-0.4, -0.2) is 40.8 Å². The Morgan fingerprint density at radius 3 is 2.55 bits per heavy atom. The van der Waals surface area contributed by atoms with Crippen molar-refractivity contribution >= 4 is 63.6 Å². The van der Waals surface area contributed by atoms with Crippen LogP contribution >= 0.6 is 34.7 Å². The number of benzene rings is 1. The van der Waals surface area contributed by atoms with E-state index in [0.29, 0.717) is 14.8 Å². The topological polar surface area (TPSA) is 83.6 Å². The van der Waals surface area contributed by atoms with E-state index in [1.54, 1.807) is 42.5 Å². The first-order valence-electron chi connectivity index (χ1n) is 8.78. The van der Waals surface area contributed by atoms with Crippen molar-refractivity contribution in [1.29, 1.82) is 0 Å². The molecule has 1 N–H and O–H groups in total. The first-order chi connectivity index (χ1) is 13.9. The predicted molar refractivity (Wildman–Crippen MR) is 115 cm³/mol. The van der Waals surface area contributed by atoms with E-state index in [0.717, 1.165) is 22.2 Å². The summed E-state index contributed by atoms with van der Waals surface area (Å²) in [4.78, 5) is 50.4. The fourth-order valence-corrected chi connectivity index (χ4v) is 4.27. The molecule has 0 bridgehead atoms. The zero-order valence-corrected chi connectivity index (χ0v) is 17.6. The molecule has 0 saturated carbocycles. The van der Waals surface area contributed by atoms with Gasteiger partial charge in [0.1, 0.15) is 0 Å². The van der Waals surface area contributed by atoms with Crippen LogP contribution in [0.15, 0.2) is 46.7 Å². The smallest absolute Gasteiger partial charge is 0.293 e. The molecule has 2 heterocycles. The molecule has 1 aliphatic heterocycles. The van der Waals surface area contributed by atoms with Gasteiger partial charge in [0.15, 0.2) is 5.78 Å². The summed E-state index contributed by atoms with van der Waals surface area (Å²) in [5.74, 6) is -0.760. The minimum Gasteiger partial charge on any atom is -0.354 e. The van der Waals surface area contributed by atoms with Crippen LogP contribution in [0.4, 0.5) is 4.79 Å². The number of thiophene rings is 1. The number of thioether (sulfide) groups is 1. The molecule has 3 rings (SSSR count). The Hall–Kier alpha value is -2.42. The van der Waals surface area contributed by atoms with E-state index in [-0.39, 0.29) is 42.9 Å². The normalized spacial score (nSPS) is 15.2. The summed E-state index contributed by atoms with van der Waals surface area (Å²) >= 11 is 8.05. The number of Topliss-reactive ketones (excluding diaryl/α,β-unsaturated/α-hetero) is 1. The Balaban J connectivity index is 1.46. The van der Waals surface area contributed by atoms with Gasteiger partial charge in [0.2, 0.25) is 5.91 Å². The molecular formula is C20H17ClN2O4S2. The lowest BCUT2D eigenvalue weighted by Crippen LogP contribution is -2.37. The van der Waals surface area contributed by atoms with Crippen molar-refractivity contribution in [3.8, 4) is 0 Å². The molecule has 1 aromatic carbocycles. The van der Waals surface area contributed by atoms with Gasteiger partial charge < -0.3 is 5.32 Å². The highest BCUT2D eigenvalue weighted by Crippen LogP contribution is 2.32. The van der Waals surface area contributed by atoms with Crippen LogP contribution in [0.2, 0.25) is 5.02 Å². The van der Waals surface area contributed by atoms with Crippen molar-refractivity contribution in [2.45, 2.75) is 12.8 Å². The highest BCUT2D eigenvalue weighted by Gasteiger charge is 2.34. The van der Waals surface area contributed by atoms with Crippen molar-refractivity contribution in [2.75, 3.05) is 13.1 Å². The Bertz CT molecular complexity index is 955. The van der Waals surface area contributed by atoms with E-state index < -0.39 is 5.91 Å². The molecule has 2 aromatic rings. The molecule has 1 aliphatic rings. The van der Waals surface area contributed by atoms with Gasteiger partial charge in [-0.3, -0.25) is 24.1 Å². The first-order valence-corrected chi connectivity index (χ1v) is 10.9. The maximum Gasteiger partial charge on any atom is 0.293 e. The summed E-state index contributed by atoms with van der Waals surface area (Å²) in [6.07, 6.45) is 1.82. The number of nitrogens with zero attached hydrogens (tertiary/aromatic N) is 1. The molecule has 3 amide bonds. The van der Waals surface area contributed by atoms with Gasteiger partial charge in [-0.05, 0) is 47.0 Å². The number of halogens is 1. The summed E-state index contributed by atoms with van der Waals surface area (Å²) < 4.78 is 0. The van der Waals surface area contributed by atoms with Crippen molar-refractivity contribution in [3.63, 3.8) is 0 Å². The standard InChI is InChI=1S/C20H17ClN2O4S2/c21-14-5-3-13(4-6-14)12-17-19(26)23(20(27)29-17)10-9-22-18(25)8-7-15(24)16-2-1-11-28-16/h1-6,11-12H,7-10H2,(H,22,25)/b17-12-. The fraction of sp³-hybridized carbons (Fsp3) is 0.200. The van der Waals surface area contributed by atoms with Gasteiger partial charge in [0.05, 0.1) is 9.78 Å². The molecule has 150 valence electrons. The molecule has 6 nitrogen and oxygen atoms in total. The number of hydrogen-bond donors (Lipinski definition) is 1. The number of carbonyl (C=O) groups excluding carboxylic acids is 4. The van der Waals surface area contributed by atoms with Crippen LogP contribution < -0.4 is 5.32 Å². The van der Waals surface area contributed by atoms with Gasteiger partial charge in [-0.2, -0.15) is 0 Å². The van der Waals surface area contributed by atoms with Gasteiger partial charge in [-0.15, -0.1) is 11.3 Å². The molecule has 0 spiro atoms. The number of imide groups is 1. The monoisotopic (exact) mass is 448 g/mol. The first kappa shape index (κ1) is 21.3. The maximum absolute atomic E-state index is 12.4. The molecule has 9 heteroatoms. The van der Waals surface area contributed by atoms with Gasteiger partial charge >= 0.3 is 0 Å². The zero-order valence-electron chi connectivity index (χ0n) is 15.2. The van der Waals surface area contributed by atoms with Crippen molar-refractivity contribution in [2.24, 2.45) is 0 Å². The molecule has 29 heavy (non-hydrogen) atoms. The molecule has 1 fully saturated rings. The summed E-state index contributed by atoms with van der Waals surface area (Å²) in [5.41, 5.74) is 0.767. The Kier molecular flexibility index (Phi) is 7.24. The predicted octanol–water partition coefficient (Wildman–Crippen LogP) is 4.22. The summed E-state index contributed by atoms with van der Waals surface area (Å²) in [6, 6.07) is 10.4. The number of amides is 3. The van der Waals surface area contributed by atoms with E-state index in [2.05, 4.69) is 5.32 Å². The minimum absolute atomic E-state index is 0.0646. The lowest BCUT2D eigenvalue weighted by molar-refractivity contribution is -0.124. The van der Waals surface area contributed by atoms with Crippen molar-refractivity contribution in [3.05, 3.63) is 62.1 Å².